The molecule has 6 nitrogen and oxygen atoms in total. The maximum Gasteiger partial charge on any atom is 0.243 e. The average molecular weight is 437 g/mol. The quantitative estimate of drug-likeness (QED) is 0.750. The molecule has 1 atom stereocenters. The van der Waals surface area contributed by atoms with Crippen molar-refractivity contribution in [3.63, 3.8) is 0 Å². The molecule has 1 aliphatic heterocycles. The second kappa shape index (κ2) is 9.15. The molecule has 156 valence electrons. The van der Waals surface area contributed by atoms with Gasteiger partial charge in [0.05, 0.1) is 18.0 Å². The number of hydrogen-bond acceptors (Lipinski definition) is 4. The fourth-order valence-electron chi connectivity index (χ4n) is 3.42. The summed E-state index contributed by atoms with van der Waals surface area (Å²) in [5, 5.41) is 3.52. The van der Waals surface area contributed by atoms with E-state index in [4.69, 9.17) is 16.3 Å². The lowest BCUT2D eigenvalue weighted by atomic mass is 9.96. The van der Waals surface area contributed by atoms with E-state index in [0.29, 0.717) is 31.0 Å². The highest BCUT2D eigenvalue weighted by Gasteiger charge is 2.32. The number of sulfonamides is 1. The number of benzene rings is 2. The number of nitrogens with one attached hydrogen (secondary N) is 1. The Morgan fingerprint density at radius 1 is 1.10 bits per heavy atom. The van der Waals surface area contributed by atoms with Gasteiger partial charge in [-0.3, -0.25) is 4.79 Å². The Hall–Kier alpha value is -2.09. The van der Waals surface area contributed by atoms with Crippen LogP contribution in [0.4, 0.5) is 0 Å². The number of nitrogens with zero attached hydrogens (tertiary/aromatic N) is 1. The normalized spacial score (nSPS) is 16.9. The summed E-state index contributed by atoms with van der Waals surface area (Å²) in [6, 6.07) is 13.6. The van der Waals surface area contributed by atoms with Gasteiger partial charge >= 0.3 is 0 Å². The SMILES string of the molecule is COc1ccc(C(C)NC(=O)C2CCN(S(=O)(=O)c3ccc(Cl)cc3)CC2)cc1. The maximum atomic E-state index is 12.8. The minimum absolute atomic E-state index is 0.0446. The third-order valence-corrected chi connectivity index (χ3v) is 7.42. The van der Waals surface area contributed by atoms with Crippen molar-refractivity contribution < 1.29 is 17.9 Å². The molecule has 8 heteroatoms. The van der Waals surface area contributed by atoms with E-state index in [1.807, 2.05) is 31.2 Å². The number of ether oxygens (including phenoxy) is 1. The molecule has 1 aliphatic rings. The molecule has 1 saturated heterocycles. The van der Waals surface area contributed by atoms with Crippen LogP contribution < -0.4 is 10.1 Å². The topological polar surface area (TPSA) is 75.7 Å². The van der Waals surface area contributed by atoms with Gasteiger partial charge in [0.2, 0.25) is 15.9 Å². The Bertz CT molecular complexity index is 938. The molecule has 1 fully saturated rings. The van der Waals surface area contributed by atoms with Crippen LogP contribution in [0.3, 0.4) is 0 Å². The largest absolute Gasteiger partial charge is 0.497 e. The number of carbonyl (C=O) groups excluding carboxylic acids is 1. The Morgan fingerprint density at radius 2 is 1.69 bits per heavy atom. The first-order valence-electron chi connectivity index (χ1n) is 9.51. The average Bonchev–Trinajstić information content (AvgIpc) is 2.74. The summed E-state index contributed by atoms with van der Waals surface area (Å²) in [5.74, 6) is 0.519. The van der Waals surface area contributed by atoms with Crippen LogP contribution in [0, 0.1) is 5.92 Å². The molecular weight excluding hydrogens is 412 g/mol. The van der Waals surface area contributed by atoms with Crippen LogP contribution in [0.15, 0.2) is 53.4 Å². The molecule has 1 amide bonds. The predicted molar refractivity (Wildman–Crippen MR) is 112 cm³/mol. The fourth-order valence-corrected chi connectivity index (χ4v) is 5.02. The highest BCUT2D eigenvalue weighted by Crippen LogP contribution is 2.26. The lowest BCUT2D eigenvalue weighted by Gasteiger charge is -2.31. The van der Waals surface area contributed by atoms with Crippen molar-refractivity contribution >= 4 is 27.5 Å². The van der Waals surface area contributed by atoms with Gasteiger partial charge in [0, 0.05) is 24.0 Å². The first-order valence-corrected chi connectivity index (χ1v) is 11.3. The third-order valence-electron chi connectivity index (χ3n) is 5.25. The number of methoxy groups -OCH3 is 1. The van der Waals surface area contributed by atoms with E-state index in [0.717, 1.165) is 11.3 Å². The van der Waals surface area contributed by atoms with Gasteiger partial charge in [-0.1, -0.05) is 23.7 Å². The molecule has 2 aromatic carbocycles. The van der Waals surface area contributed by atoms with Crippen molar-refractivity contribution in [1.82, 2.24) is 9.62 Å². The molecule has 0 radical (unpaired) electrons. The van der Waals surface area contributed by atoms with Crippen LogP contribution in [0.5, 0.6) is 5.75 Å². The molecular formula is C21H25ClN2O4S. The van der Waals surface area contributed by atoms with E-state index >= 15 is 0 Å². The Balaban J connectivity index is 1.56. The number of carbonyl (C=O) groups is 1. The van der Waals surface area contributed by atoms with Gasteiger partial charge in [-0.15, -0.1) is 0 Å². The van der Waals surface area contributed by atoms with Crippen LogP contribution in [0.2, 0.25) is 5.02 Å². The highest BCUT2D eigenvalue weighted by atomic mass is 35.5. The molecule has 0 saturated carbocycles. The van der Waals surface area contributed by atoms with Crippen LogP contribution in [0.1, 0.15) is 31.4 Å². The summed E-state index contributed by atoms with van der Waals surface area (Å²) < 4.78 is 32.1. The molecule has 2 aromatic rings. The third kappa shape index (κ3) is 5.10. The number of amides is 1. The Kier molecular flexibility index (Phi) is 6.82. The zero-order valence-electron chi connectivity index (χ0n) is 16.5. The molecule has 0 aliphatic carbocycles. The lowest BCUT2D eigenvalue weighted by molar-refractivity contribution is -0.126. The van der Waals surface area contributed by atoms with E-state index in [9.17, 15) is 13.2 Å². The first kappa shape index (κ1) is 21.6. The maximum absolute atomic E-state index is 12.8. The van der Waals surface area contributed by atoms with Crippen LogP contribution in [-0.2, 0) is 14.8 Å². The van der Waals surface area contributed by atoms with Crippen molar-refractivity contribution in [2.24, 2.45) is 5.92 Å². The van der Waals surface area contributed by atoms with Gasteiger partial charge in [-0.25, -0.2) is 8.42 Å². The second-order valence-electron chi connectivity index (χ2n) is 7.14. The summed E-state index contributed by atoms with van der Waals surface area (Å²) in [6.45, 7) is 2.57. The number of halogens is 1. The fraction of sp³-hybridized carbons (Fsp3) is 0.381. The molecule has 3 rings (SSSR count). The highest BCUT2D eigenvalue weighted by molar-refractivity contribution is 7.89. The Morgan fingerprint density at radius 3 is 2.24 bits per heavy atom. The van der Waals surface area contributed by atoms with Gasteiger partial charge < -0.3 is 10.1 Å². The minimum Gasteiger partial charge on any atom is -0.497 e. The molecule has 1 heterocycles. The molecule has 1 unspecified atom stereocenters. The zero-order chi connectivity index (χ0) is 21.0. The van der Waals surface area contributed by atoms with Crippen molar-refractivity contribution in [2.75, 3.05) is 20.2 Å². The summed E-state index contributed by atoms with van der Waals surface area (Å²) in [4.78, 5) is 12.9. The van der Waals surface area contributed by atoms with E-state index in [1.165, 1.54) is 16.4 Å². The van der Waals surface area contributed by atoms with Gasteiger partial charge in [0.25, 0.3) is 0 Å². The standard InChI is InChI=1S/C21H25ClN2O4S/c1-15(16-3-7-19(28-2)8-4-16)23-21(25)17-11-13-24(14-12-17)29(26,27)20-9-5-18(22)6-10-20/h3-10,15,17H,11-14H2,1-2H3,(H,23,25). The summed E-state index contributed by atoms with van der Waals surface area (Å²) in [5.41, 5.74) is 0.988. The van der Waals surface area contributed by atoms with Crippen molar-refractivity contribution in [1.29, 1.82) is 0 Å². The smallest absolute Gasteiger partial charge is 0.243 e. The number of rotatable bonds is 6. The van der Waals surface area contributed by atoms with Crippen LogP contribution >= 0.6 is 11.6 Å². The summed E-state index contributed by atoms with van der Waals surface area (Å²) in [6.07, 6.45) is 0.988. The monoisotopic (exact) mass is 436 g/mol. The van der Waals surface area contributed by atoms with Crippen LogP contribution in [-0.4, -0.2) is 38.8 Å². The molecule has 1 N–H and O–H groups in total. The second-order valence-corrected chi connectivity index (χ2v) is 9.51. The lowest BCUT2D eigenvalue weighted by Crippen LogP contribution is -2.43. The first-order chi connectivity index (χ1) is 13.8. The van der Waals surface area contributed by atoms with E-state index in [-0.39, 0.29) is 22.8 Å². The number of piperidine rings is 1. The summed E-state index contributed by atoms with van der Waals surface area (Å²) in [7, 11) is -1.96. The van der Waals surface area contributed by atoms with E-state index < -0.39 is 10.0 Å². The van der Waals surface area contributed by atoms with Gasteiger partial charge in [-0.2, -0.15) is 4.31 Å². The van der Waals surface area contributed by atoms with Crippen molar-refractivity contribution in [3.05, 3.63) is 59.1 Å². The molecule has 0 aromatic heterocycles. The van der Waals surface area contributed by atoms with Gasteiger partial charge in [-0.05, 0) is 61.7 Å². The van der Waals surface area contributed by atoms with E-state index in [2.05, 4.69) is 5.32 Å². The Labute approximate surface area is 176 Å². The zero-order valence-corrected chi connectivity index (χ0v) is 18.0. The molecule has 29 heavy (non-hydrogen) atoms. The van der Waals surface area contributed by atoms with Crippen LogP contribution in [0.25, 0.3) is 0 Å². The van der Waals surface area contributed by atoms with Gasteiger partial charge in [0.15, 0.2) is 0 Å². The molecule has 0 bridgehead atoms. The predicted octanol–water partition coefficient (Wildman–Crippen LogP) is 3.63. The molecule has 0 spiro atoms. The summed E-state index contributed by atoms with van der Waals surface area (Å²) >= 11 is 5.84. The minimum atomic E-state index is -3.57. The van der Waals surface area contributed by atoms with E-state index in [1.54, 1.807) is 19.2 Å². The van der Waals surface area contributed by atoms with Crippen molar-refractivity contribution in [3.8, 4) is 5.75 Å². The van der Waals surface area contributed by atoms with Crippen molar-refractivity contribution in [2.45, 2.75) is 30.7 Å². The van der Waals surface area contributed by atoms with Gasteiger partial charge in [0.1, 0.15) is 5.75 Å². The number of hydrogen-bond donors (Lipinski definition) is 1.